The molecule has 0 atom stereocenters. The molecule has 26 heavy (non-hydrogen) atoms. The number of rotatable bonds is 4. The summed E-state index contributed by atoms with van der Waals surface area (Å²) in [5.74, 6) is 0.824. The number of hydrogen-bond donors (Lipinski definition) is 1. The van der Waals surface area contributed by atoms with Crippen molar-refractivity contribution in [2.45, 2.75) is 13.5 Å². The molecule has 4 rings (SSSR count). The Morgan fingerprint density at radius 3 is 2.19 bits per heavy atom. The van der Waals surface area contributed by atoms with E-state index in [0.29, 0.717) is 6.61 Å². The lowest BCUT2D eigenvalue weighted by atomic mass is 9.95. The lowest BCUT2D eigenvalue weighted by molar-refractivity contribution is 0.310. The van der Waals surface area contributed by atoms with E-state index in [1.807, 2.05) is 42.5 Å². The van der Waals surface area contributed by atoms with E-state index in [-0.39, 0.29) is 0 Å². The summed E-state index contributed by atoms with van der Waals surface area (Å²) in [5, 5.41) is 2.21. The Labute approximate surface area is 153 Å². The summed E-state index contributed by atoms with van der Waals surface area (Å²) in [6.07, 6.45) is 0. The lowest BCUT2D eigenvalue weighted by Gasteiger charge is -2.16. The second-order valence-corrected chi connectivity index (χ2v) is 6.53. The average molecular weight is 339 g/mol. The summed E-state index contributed by atoms with van der Waals surface area (Å²) in [6.45, 7) is 2.62. The number of anilines is 1. The van der Waals surface area contributed by atoms with E-state index < -0.39 is 0 Å². The molecular weight excluding hydrogens is 318 g/mol. The molecule has 0 aliphatic rings. The molecule has 0 spiro atoms. The molecule has 4 aromatic carbocycles. The number of ether oxygens (including phenoxy) is 1. The Bertz CT molecular complexity index is 1040. The molecule has 2 nitrogen and oxygen atoms in total. The van der Waals surface area contributed by atoms with Crippen molar-refractivity contribution in [1.82, 2.24) is 0 Å². The number of nitrogen functional groups attached to an aromatic ring is 1. The molecule has 0 saturated heterocycles. The van der Waals surface area contributed by atoms with Crippen molar-refractivity contribution in [3.8, 4) is 16.9 Å². The van der Waals surface area contributed by atoms with Gasteiger partial charge in [0.15, 0.2) is 0 Å². The SMILES string of the molecule is Cc1ccc2c(-c3ccccc3)c(N)cc(OCc3ccccc3)c2c1. The zero-order valence-corrected chi connectivity index (χ0v) is 14.8. The van der Waals surface area contributed by atoms with Gasteiger partial charge in [-0.15, -0.1) is 0 Å². The Kier molecular flexibility index (Phi) is 4.32. The van der Waals surface area contributed by atoms with Crippen molar-refractivity contribution in [2.24, 2.45) is 0 Å². The monoisotopic (exact) mass is 339 g/mol. The van der Waals surface area contributed by atoms with Crippen LogP contribution in [0.4, 0.5) is 5.69 Å². The first-order chi connectivity index (χ1) is 12.7. The Morgan fingerprint density at radius 2 is 1.46 bits per heavy atom. The minimum atomic E-state index is 0.522. The predicted molar refractivity (Wildman–Crippen MR) is 109 cm³/mol. The van der Waals surface area contributed by atoms with Crippen LogP contribution in [0.5, 0.6) is 5.75 Å². The van der Waals surface area contributed by atoms with Crippen molar-refractivity contribution in [2.75, 3.05) is 5.73 Å². The van der Waals surface area contributed by atoms with E-state index in [1.165, 1.54) is 5.56 Å². The molecule has 0 unspecified atom stereocenters. The molecule has 0 bridgehead atoms. The molecular formula is C24H21NO. The van der Waals surface area contributed by atoms with Gasteiger partial charge >= 0.3 is 0 Å². The Balaban J connectivity index is 1.83. The molecule has 4 aromatic rings. The molecule has 0 radical (unpaired) electrons. The molecule has 0 aliphatic carbocycles. The van der Waals surface area contributed by atoms with Crippen LogP contribution in [-0.2, 0) is 6.61 Å². The van der Waals surface area contributed by atoms with Crippen molar-refractivity contribution in [1.29, 1.82) is 0 Å². The second kappa shape index (κ2) is 6.93. The Hall–Kier alpha value is -3.26. The fraction of sp³-hybridized carbons (Fsp3) is 0.0833. The van der Waals surface area contributed by atoms with Gasteiger partial charge in [0.2, 0.25) is 0 Å². The smallest absolute Gasteiger partial charge is 0.129 e. The highest BCUT2D eigenvalue weighted by atomic mass is 16.5. The van der Waals surface area contributed by atoms with Gasteiger partial charge in [0, 0.05) is 22.7 Å². The first kappa shape index (κ1) is 16.2. The third-order valence-electron chi connectivity index (χ3n) is 4.58. The van der Waals surface area contributed by atoms with E-state index in [9.17, 15) is 0 Å². The number of fused-ring (bicyclic) bond motifs is 1. The maximum absolute atomic E-state index is 6.45. The average Bonchev–Trinajstić information content (AvgIpc) is 2.68. The molecule has 0 aliphatic heterocycles. The maximum Gasteiger partial charge on any atom is 0.129 e. The van der Waals surface area contributed by atoms with Gasteiger partial charge in [0.1, 0.15) is 12.4 Å². The van der Waals surface area contributed by atoms with Crippen LogP contribution in [0.25, 0.3) is 21.9 Å². The maximum atomic E-state index is 6.45. The van der Waals surface area contributed by atoms with Gasteiger partial charge in [0.05, 0.1) is 0 Å². The fourth-order valence-electron chi connectivity index (χ4n) is 3.31. The standard InChI is InChI=1S/C24H21NO/c1-17-12-13-20-21(14-17)23(26-16-18-8-4-2-5-9-18)15-22(25)24(20)19-10-6-3-7-11-19/h2-15H,16,25H2,1H3. The Morgan fingerprint density at radius 1 is 0.769 bits per heavy atom. The predicted octanol–water partition coefficient (Wildman–Crippen LogP) is 5.98. The van der Waals surface area contributed by atoms with E-state index in [4.69, 9.17) is 10.5 Å². The highest BCUT2D eigenvalue weighted by Gasteiger charge is 2.13. The molecule has 0 aromatic heterocycles. The highest BCUT2D eigenvalue weighted by Crippen LogP contribution is 2.40. The van der Waals surface area contributed by atoms with Gasteiger partial charge in [-0.05, 0) is 29.5 Å². The number of aryl methyl sites for hydroxylation is 1. The van der Waals surface area contributed by atoms with E-state index in [2.05, 4.69) is 49.4 Å². The molecule has 0 heterocycles. The van der Waals surface area contributed by atoms with Gasteiger partial charge in [-0.1, -0.05) is 78.4 Å². The normalized spacial score (nSPS) is 10.8. The van der Waals surface area contributed by atoms with Crippen LogP contribution < -0.4 is 10.5 Å². The first-order valence-corrected chi connectivity index (χ1v) is 8.77. The van der Waals surface area contributed by atoms with Gasteiger partial charge in [0.25, 0.3) is 0 Å². The first-order valence-electron chi connectivity index (χ1n) is 8.77. The summed E-state index contributed by atoms with van der Waals surface area (Å²) < 4.78 is 6.15. The van der Waals surface area contributed by atoms with Crippen LogP contribution >= 0.6 is 0 Å². The van der Waals surface area contributed by atoms with Crippen LogP contribution in [0.2, 0.25) is 0 Å². The molecule has 0 amide bonds. The fourth-order valence-corrected chi connectivity index (χ4v) is 3.31. The second-order valence-electron chi connectivity index (χ2n) is 6.53. The summed E-state index contributed by atoms with van der Waals surface area (Å²) in [6, 6.07) is 28.8. The van der Waals surface area contributed by atoms with E-state index in [0.717, 1.165) is 38.9 Å². The van der Waals surface area contributed by atoms with Gasteiger partial charge in [-0.3, -0.25) is 0 Å². The van der Waals surface area contributed by atoms with E-state index in [1.54, 1.807) is 0 Å². The van der Waals surface area contributed by atoms with Crippen molar-refractivity contribution < 1.29 is 4.74 Å². The largest absolute Gasteiger partial charge is 0.488 e. The van der Waals surface area contributed by atoms with Crippen LogP contribution in [0.15, 0.2) is 84.9 Å². The quantitative estimate of drug-likeness (QED) is 0.464. The third-order valence-corrected chi connectivity index (χ3v) is 4.58. The zero-order chi connectivity index (χ0) is 17.9. The number of nitrogens with two attached hydrogens (primary N) is 1. The van der Waals surface area contributed by atoms with Crippen molar-refractivity contribution in [3.05, 3.63) is 96.1 Å². The molecule has 2 heteroatoms. The zero-order valence-electron chi connectivity index (χ0n) is 14.8. The topological polar surface area (TPSA) is 35.2 Å². The van der Waals surface area contributed by atoms with Gasteiger partial charge in [-0.2, -0.15) is 0 Å². The molecule has 0 fully saturated rings. The summed E-state index contributed by atoms with van der Waals surface area (Å²) in [7, 11) is 0. The van der Waals surface area contributed by atoms with Crippen LogP contribution in [0, 0.1) is 6.92 Å². The number of benzene rings is 4. The molecule has 128 valence electrons. The van der Waals surface area contributed by atoms with Gasteiger partial charge in [-0.25, -0.2) is 0 Å². The summed E-state index contributed by atoms with van der Waals surface area (Å²) in [5.41, 5.74) is 11.7. The molecule has 0 saturated carbocycles. The number of hydrogen-bond acceptors (Lipinski definition) is 2. The minimum absolute atomic E-state index is 0.522. The summed E-state index contributed by atoms with van der Waals surface area (Å²) >= 11 is 0. The van der Waals surface area contributed by atoms with Crippen LogP contribution in [0.1, 0.15) is 11.1 Å². The van der Waals surface area contributed by atoms with Crippen LogP contribution in [0.3, 0.4) is 0 Å². The third kappa shape index (κ3) is 3.14. The minimum Gasteiger partial charge on any atom is -0.488 e. The lowest BCUT2D eigenvalue weighted by Crippen LogP contribution is -1.99. The van der Waals surface area contributed by atoms with Crippen molar-refractivity contribution in [3.63, 3.8) is 0 Å². The highest BCUT2D eigenvalue weighted by molar-refractivity contribution is 6.05. The molecule has 2 N–H and O–H groups in total. The van der Waals surface area contributed by atoms with Gasteiger partial charge < -0.3 is 10.5 Å². The summed E-state index contributed by atoms with van der Waals surface area (Å²) in [4.78, 5) is 0. The van der Waals surface area contributed by atoms with Crippen molar-refractivity contribution >= 4 is 16.5 Å². The van der Waals surface area contributed by atoms with E-state index >= 15 is 0 Å². The van der Waals surface area contributed by atoms with Crippen LogP contribution in [-0.4, -0.2) is 0 Å².